The van der Waals surface area contributed by atoms with E-state index in [4.69, 9.17) is 4.74 Å². The lowest BCUT2D eigenvalue weighted by molar-refractivity contribution is -0.152. The summed E-state index contributed by atoms with van der Waals surface area (Å²) in [5.41, 5.74) is 2.07. The number of carboxylic acids is 1. The smallest absolute Gasteiger partial charge is 0.347 e. The van der Waals surface area contributed by atoms with E-state index in [1.807, 2.05) is 18.2 Å². The third-order valence-electron chi connectivity index (χ3n) is 6.02. The molecule has 2 heterocycles. The van der Waals surface area contributed by atoms with Gasteiger partial charge in [0.15, 0.2) is 15.4 Å². The van der Waals surface area contributed by atoms with Gasteiger partial charge in [-0.1, -0.05) is 31.1 Å². The quantitative estimate of drug-likeness (QED) is 0.514. The van der Waals surface area contributed by atoms with Crippen molar-refractivity contribution in [2.75, 3.05) is 6.26 Å². The van der Waals surface area contributed by atoms with E-state index < -0.39 is 21.4 Å². The maximum absolute atomic E-state index is 11.9. The minimum absolute atomic E-state index is 0.285. The lowest BCUT2D eigenvalue weighted by atomic mass is 9.96. The molecule has 8 heteroatoms. The number of aromatic amines is 1. The molecular formula is C25H28N2O5S. The topological polar surface area (TPSA) is 109 Å². The Labute approximate surface area is 193 Å². The number of aromatic nitrogens is 2. The molecule has 2 aromatic heterocycles. The van der Waals surface area contributed by atoms with E-state index in [-0.39, 0.29) is 4.90 Å². The molecule has 0 spiro atoms. The highest BCUT2D eigenvalue weighted by molar-refractivity contribution is 7.90. The number of benzene rings is 1. The normalized spacial score (nSPS) is 15.8. The Hall–Kier alpha value is -3.13. The molecule has 1 saturated carbocycles. The van der Waals surface area contributed by atoms with Gasteiger partial charge in [0, 0.05) is 22.9 Å². The summed E-state index contributed by atoms with van der Waals surface area (Å²) < 4.78 is 29.4. The van der Waals surface area contributed by atoms with Crippen LogP contribution in [0.25, 0.3) is 16.6 Å². The van der Waals surface area contributed by atoms with Crippen molar-refractivity contribution in [2.45, 2.75) is 50.0 Å². The van der Waals surface area contributed by atoms with Crippen LogP contribution in [0.1, 0.15) is 50.8 Å². The fourth-order valence-corrected chi connectivity index (χ4v) is 4.75. The second-order valence-corrected chi connectivity index (χ2v) is 11.1. The zero-order valence-corrected chi connectivity index (χ0v) is 19.8. The molecule has 1 aliphatic carbocycles. The van der Waals surface area contributed by atoms with E-state index in [9.17, 15) is 18.3 Å². The van der Waals surface area contributed by atoms with Gasteiger partial charge in [-0.2, -0.15) is 0 Å². The molecule has 0 radical (unpaired) electrons. The van der Waals surface area contributed by atoms with Crippen molar-refractivity contribution in [3.63, 3.8) is 0 Å². The number of hydrogen-bond donors (Lipinski definition) is 2. The van der Waals surface area contributed by atoms with E-state index >= 15 is 0 Å². The van der Waals surface area contributed by atoms with Gasteiger partial charge in [0.1, 0.15) is 11.4 Å². The molecule has 0 atom stereocenters. The number of nitrogens with zero attached hydrogens (tertiary/aromatic N) is 1. The van der Waals surface area contributed by atoms with Crippen molar-refractivity contribution in [2.24, 2.45) is 5.92 Å². The average Bonchev–Trinajstić information content (AvgIpc) is 3.40. The Morgan fingerprint density at radius 2 is 1.85 bits per heavy atom. The Morgan fingerprint density at radius 3 is 2.45 bits per heavy atom. The first-order chi connectivity index (χ1) is 15.5. The minimum atomic E-state index is -3.27. The molecule has 0 bridgehead atoms. The number of allylic oxidation sites excluding steroid dienone is 1. The van der Waals surface area contributed by atoms with Crippen LogP contribution >= 0.6 is 0 Å². The van der Waals surface area contributed by atoms with Crippen molar-refractivity contribution < 1.29 is 23.1 Å². The van der Waals surface area contributed by atoms with Crippen LogP contribution in [-0.4, -0.2) is 41.3 Å². The zero-order valence-electron chi connectivity index (χ0n) is 19.0. The monoisotopic (exact) mass is 468 g/mol. The van der Waals surface area contributed by atoms with E-state index in [0.29, 0.717) is 17.3 Å². The Morgan fingerprint density at radius 1 is 1.18 bits per heavy atom. The SMILES string of the molecule is CC(C)(Oc1cnc2[nH]c(C(=CC3CCCC3)c3ccc(S(C)(=O)=O)cc3)cc2c1)C(=O)O. The van der Waals surface area contributed by atoms with Crippen molar-refractivity contribution in [1.82, 2.24) is 9.97 Å². The highest BCUT2D eigenvalue weighted by atomic mass is 32.2. The molecule has 1 fully saturated rings. The van der Waals surface area contributed by atoms with Crippen LogP contribution in [0.15, 0.2) is 53.6 Å². The van der Waals surface area contributed by atoms with Gasteiger partial charge in [-0.05, 0) is 62.4 Å². The number of carboxylic acid groups (broad SMARTS) is 1. The van der Waals surface area contributed by atoms with Crippen LogP contribution < -0.4 is 4.74 Å². The summed E-state index contributed by atoms with van der Waals surface area (Å²) >= 11 is 0. The number of aliphatic carboxylic acids is 1. The highest BCUT2D eigenvalue weighted by Crippen LogP contribution is 2.34. The molecular weight excluding hydrogens is 440 g/mol. The first-order valence-electron chi connectivity index (χ1n) is 11.0. The zero-order chi connectivity index (χ0) is 23.8. The van der Waals surface area contributed by atoms with Crippen LogP contribution in [0.5, 0.6) is 5.75 Å². The van der Waals surface area contributed by atoms with E-state index in [2.05, 4.69) is 16.0 Å². The number of carbonyl (C=O) groups is 1. The van der Waals surface area contributed by atoms with Crippen LogP contribution in [0.2, 0.25) is 0 Å². The summed E-state index contributed by atoms with van der Waals surface area (Å²) in [6, 6.07) is 10.7. The third kappa shape index (κ3) is 5.11. The number of ether oxygens (including phenoxy) is 1. The fraction of sp³-hybridized carbons (Fsp3) is 0.360. The van der Waals surface area contributed by atoms with E-state index in [1.54, 1.807) is 18.2 Å². The summed E-state index contributed by atoms with van der Waals surface area (Å²) in [5, 5.41) is 10.1. The highest BCUT2D eigenvalue weighted by Gasteiger charge is 2.29. The van der Waals surface area contributed by atoms with Crippen LogP contribution in [0.3, 0.4) is 0 Å². The van der Waals surface area contributed by atoms with Crippen LogP contribution in [0.4, 0.5) is 0 Å². The first-order valence-corrected chi connectivity index (χ1v) is 12.9. The molecule has 3 aromatic rings. The summed E-state index contributed by atoms with van der Waals surface area (Å²) in [6.07, 6.45) is 9.64. The van der Waals surface area contributed by atoms with E-state index in [1.165, 1.54) is 39.1 Å². The van der Waals surface area contributed by atoms with Crippen LogP contribution in [-0.2, 0) is 14.6 Å². The Kier molecular flexibility index (Phi) is 6.05. The van der Waals surface area contributed by atoms with Gasteiger partial charge in [0.25, 0.3) is 0 Å². The van der Waals surface area contributed by atoms with Crippen LogP contribution in [0, 0.1) is 5.92 Å². The predicted octanol–water partition coefficient (Wildman–Crippen LogP) is 4.83. The van der Waals surface area contributed by atoms with Gasteiger partial charge in [0.2, 0.25) is 0 Å². The molecule has 174 valence electrons. The Balaban J connectivity index is 1.74. The summed E-state index contributed by atoms with van der Waals surface area (Å²) in [4.78, 5) is 19.5. The molecule has 2 N–H and O–H groups in total. The maximum Gasteiger partial charge on any atom is 0.347 e. The molecule has 0 saturated heterocycles. The maximum atomic E-state index is 11.9. The largest absolute Gasteiger partial charge is 0.478 e. The number of pyridine rings is 1. The van der Waals surface area contributed by atoms with Crippen molar-refractivity contribution in [3.8, 4) is 5.75 Å². The van der Waals surface area contributed by atoms with Gasteiger partial charge in [-0.3, -0.25) is 0 Å². The second-order valence-electron chi connectivity index (χ2n) is 9.13. The number of sulfone groups is 1. The van der Waals surface area contributed by atoms with E-state index in [0.717, 1.165) is 35.1 Å². The number of hydrogen-bond acceptors (Lipinski definition) is 5. The summed E-state index contributed by atoms with van der Waals surface area (Å²) in [5.74, 6) is -0.222. The number of nitrogens with one attached hydrogen (secondary N) is 1. The predicted molar refractivity (Wildman–Crippen MR) is 127 cm³/mol. The van der Waals surface area contributed by atoms with Crippen molar-refractivity contribution in [1.29, 1.82) is 0 Å². The Bertz CT molecular complexity index is 1310. The van der Waals surface area contributed by atoms with Gasteiger partial charge in [-0.15, -0.1) is 0 Å². The molecule has 4 rings (SSSR count). The fourth-order valence-electron chi connectivity index (χ4n) is 4.12. The standard InChI is InChI=1S/C25H28N2O5S/c1-25(2,24(28)29)32-19-13-18-14-22(27-23(18)26-15-19)21(12-16-6-4-5-7-16)17-8-10-20(11-9-17)33(3,30)31/h8-16H,4-7H2,1-3H3,(H,26,27)(H,28,29). The molecule has 7 nitrogen and oxygen atoms in total. The van der Waals surface area contributed by atoms with Gasteiger partial charge in [0.05, 0.1) is 11.1 Å². The second kappa shape index (κ2) is 8.67. The number of rotatable bonds is 7. The molecule has 0 amide bonds. The van der Waals surface area contributed by atoms with Crippen molar-refractivity contribution >= 4 is 32.4 Å². The lowest BCUT2D eigenvalue weighted by Gasteiger charge is -2.21. The lowest BCUT2D eigenvalue weighted by Crippen LogP contribution is -2.37. The molecule has 0 aliphatic heterocycles. The molecule has 33 heavy (non-hydrogen) atoms. The van der Waals surface area contributed by atoms with Gasteiger partial charge in [-0.25, -0.2) is 18.2 Å². The number of H-pyrrole nitrogens is 1. The average molecular weight is 469 g/mol. The van der Waals surface area contributed by atoms with Gasteiger partial charge < -0.3 is 14.8 Å². The number of fused-ring (bicyclic) bond motifs is 1. The third-order valence-corrected chi connectivity index (χ3v) is 7.15. The van der Waals surface area contributed by atoms with Crippen molar-refractivity contribution in [3.05, 3.63) is 59.9 Å². The molecule has 1 aromatic carbocycles. The summed E-state index contributed by atoms with van der Waals surface area (Å²) in [7, 11) is -3.27. The molecule has 1 aliphatic rings. The first kappa shape index (κ1) is 23.0. The molecule has 0 unspecified atom stereocenters. The van der Waals surface area contributed by atoms with Gasteiger partial charge >= 0.3 is 5.97 Å². The summed E-state index contributed by atoms with van der Waals surface area (Å²) in [6.45, 7) is 2.98. The minimum Gasteiger partial charge on any atom is -0.478 e.